The number of pyridine rings is 1. The number of rotatable bonds is 3. The van der Waals surface area contributed by atoms with Gasteiger partial charge >= 0.3 is 6.01 Å². The SMILES string of the molecule is COc1ncc(-c2cncc3cc(/C=C4\SC(=O)NC4=O)oc23)cn1. The predicted molar refractivity (Wildman–Crippen MR) is 90.7 cm³/mol. The summed E-state index contributed by atoms with van der Waals surface area (Å²) in [5, 5.41) is 2.56. The molecule has 1 saturated heterocycles. The zero-order valence-corrected chi connectivity index (χ0v) is 13.7. The van der Waals surface area contributed by atoms with Gasteiger partial charge in [-0.25, -0.2) is 9.97 Å². The number of carbonyl (C=O) groups excluding carboxylic acids is 2. The summed E-state index contributed by atoms with van der Waals surface area (Å²) in [4.78, 5) is 35.5. The average Bonchev–Trinajstić information content (AvgIpc) is 3.17. The van der Waals surface area contributed by atoms with E-state index in [4.69, 9.17) is 9.15 Å². The molecule has 1 aliphatic rings. The van der Waals surface area contributed by atoms with Gasteiger partial charge in [-0.15, -0.1) is 0 Å². The predicted octanol–water partition coefficient (Wildman–Crippen LogP) is 2.62. The number of aromatic nitrogens is 3. The van der Waals surface area contributed by atoms with Crippen LogP contribution in [0.2, 0.25) is 0 Å². The number of methoxy groups -OCH3 is 1. The summed E-state index contributed by atoms with van der Waals surface area (Å²) in [7, 11) is 1.49. The van der Waals surface area contributed by atoms with Crippen LogP contribution in [0.4, 0.5) is 4.79 Å². The summed E-state index contributed by atoms with van der Waals surface area (Å²) in [5.41, 5.74) is 2.02. The summed E-state index contributed by atoms with van der Waals surface area (Å²) in [6.07, 6.45) is 8.05. The molecule has 9 heteroatoms. The first-order valence-corrected chi connectivity index (χ1v) is 7.94. The number of amides is 2. The van der Waals surface area contributed by atoms with E-state index in [0.29, 0.717) is 16.9 Å². The van der Waals surface area contributed by atoms with E-state index in [1.807, 2.05) is 0 Å². The van der Waals surface area contributed by atoms with Crippen molar-refractivity contribution in [2.75, 3.05) is 7.11 Å². The van der Waals surface area contributed by atoms with Crippen LogP contribution in [0.15, 0.2) is 40.2 Å². The Labute approximate surface area is 145 Å². The number of hydrogen-bond acceptors (Lipinski definition) is 8. The van der Waals surface area contributed by atoms with E-state index in [9.17, 15) is 9.59 Å². The summed E-state index contributed by atoms with van der Waals surface area (Å²) < 4.78 is 10.8. The van der Waals surface area contributed by atoms with Gasteiger partial charge in [0.1, 0.15) is 11.3 Å². The third kappa shape index (κ3) is 2.85. The molecule has 4 rings (SSSR count). The molecule has 3 aromatic rings. The lowest BCUT2D eigenvalue weighted by Crippen LogP contribution is -2.17. The molecule has 1 aliphatic heterocycles. The van der Waals surface area contributed by atoms with E-state index in [1.54, 1.807) is 30.9 Å². The molecule has 0 unspecified atom stereocenters. The maximum atomic E-state index is 11.6. The normalized spacial score (nSPS) is 15.8. The van der Waals surface area contributed by atoms with Crippen LogP contribution < -0.4 is 10.1 Å². The Bertz CT molecular complexity index is 1030. The lowest BCUT2D eigenvalue weighted by Gasteiger charge is -2.02. The largest absolute Gasteiger partial charge is 0.467 e. The van der Waals surface area contributed by atoms with Gasteiger partial charge in [0, 0.05) is 47.4 Å². The molecule has 3 aromatic heterocycles. The van der Waals surface area contributed by atoms with Gasteiger partial charge in [0.05, 0.1) is 12.0 Å². The minimum Gasteiger partial charge on any atom is -0.467 e. The molecule has 0 saturated carbocycles. The van der Waals surface area contributed by atoms with Gasteiger partial charge in [-0.1, -0.05) is 0 Å². The lowest BCUT2D eigenvalue weighted by atomic mass is 10.1. The van der Waals surface area contributed by atoms with Gasteiger partial charge in [0.15, 0.2) is 0 Å². The van der Waals surface area contributed by atoms with Gasteiger partial charge in [0.2, 0.25) is 0 Å². The molecule has 124 valence electrons. The number of thioether (sulfide) groups is 1. The van der Waals surface area contributed by atoms with Gasteiger partial charge < -0.3 is 9.15 Å². The number of nitrogens with zero attached hydrogens (tertiary/aromatic N) is 3. The van der Waals surface area contributed by atoms with Gasteiger partial charge in [0.25, 0.3) is 11.1 Å². The van der Waals surface area contributed by atoms with Crippen molar-refractivity contribution in [3.8, 4) is 17.1 Å². The quantitative estimate of drug-likeness (QED) is 0.715. The molecule has 1 N–H and O–H groups in total. The van der Waals surface area contributed by atoms with Crippen LogP contribution in [0.3, 0.4) is 0 Å². The molecule has 0 radical (unpaired) electrons. The molecular weight excluding hydrogens is 344 g/mol. The molecule has 4 heterocycles. The standard InChI is InChI=1S/C16H10N4O4S/c1-23-15-18-5-9(6-19-15)11-7-17-4-8-2-10(24-13(8)11)3-12-14(21)20-16(22)25-12/h2-7H,1H3,(H,20,21,22)/b12-3-. The topological polar surface area (TPSA) is 107 Å². The van der Waals surface area contributed by atoms with Crippen LogP contribution in [0, 0.1) is 0 Å². The van der Waals surface area contributed by atoms with Crippen molar-refractivity contribution in [3.05, 3.63) is 41.5 Å². The molecule has 0 aliphatic carbocycles. The first-order chi connectivity index (χ1) is 12.1. The zero-order valence-electron chi connectivity index (χ0n) is 12.8. The second-order valence-corrected chi connectivity index (χ2v) is 6.08. The third-order valence-corrected chi connectivity index (χ3v) is 4.29. The minimum absolute atomic E-state index is 0.266. The molecule has 25 heavy (non-hydrogen) atoms. The van der Waals surface area contributed by atoms with Crippen molar-refractivity contribution in [1.82, 2.24) is 20.3 Å². The van der Waals surface area contributed by atoms with Gasteiger partial charge in [-0.05, 0) is 17.8 Å². The fourth-order valence-corrected chi connectivity index (χ4v) is 3.03. The first kappa shape index (κ1) is 15.3. The number of furan rings is 1. The van der Waals surface area contributed by atoms with E-state index < -0.39 is 11.1 Å². The highest BCUT2D eigenvalue weighted by atomic mass is 32.2. The number of nitrogens with one attached hydrogen (secondary N) is 1. The zero-order chi connectivity index (χ0) is 17.4. The summed E-state index contributed by atoms with van der Waals surface area (Å²) in [6, 6.07) is 2.02. The fourth-order valence-electron chi connectivity index (χ4n) is 2.37. The summed E-state index contributed by atoms with van der Waals surface area (Å²) in [6.45, 7) is 0. The maximum Gasteiger partial charge on any atom is 0.316 e. The fraction of sp³-hybridized carbons (Fsp3) is 0.0625. The van der Waals surface area contributed by atoms with Crippen LogP contribution >= 0.6 is 11.8 Å². The Morgan fingerprint density at radius 2 is 2.00 bits per heavy atom. The number of ether oxygens (including phenoxy) is 1. The Hall–Kier alpha value is -3.20. The number of carbonyl (C=O) groups is 2. The molecule has 0 aromatic carbocycles. The molecule has 0 atom stereocenters. The molecular formula is C16H10N4O4S. The van der Waals surface area contributed by atoms with Crippen LogP contribution in [0.5, 0.6) is 6.01 Å². The molecule has 0 spiro atoms. The third-order valence-electron chi connectivity index (χ3n) is 3.48. The lowest BCUT2D eigenvalue weighted by molar-refractivity contribution is -0.115. The second kappa shape index (κ2) is 6.02. The molecule has 2 amide bonds. The highest BCUT2D eigenvalue weighted by Crippen LogP contribution is 2.32. The molecule has 1 fully saturated rings. The Kier molecular flexibility index (Phi) is 3.69. The van der Waals surface area contributed by atoms with E-state index in [0.717, 1.165) is 22.7 Å². The Balaban J connectivity index is 1.77. The van der Waals surface area contributed by atoms with Crippen molar-refractivity contribution in [2.45, 2.75) is 0 Å². The van der Waals surface area contributed by atoms with Gasteiger partial charge in [-0.2, -0.15) is 0 Å². The van der Waals surface area contributed by atoms with Crippen molar-refractivity contribution in [1.29, 1.82) is 0 Å². The first-order valence-electron chi connectivity index (χ1n) is 7.13. The maximum absolute atomic E-state index is 11.6. The summed E-state index contributed by atoms with van der Waals surface area (Å²) >= 11 is 0.835. The van der Waals surface area contributed by atoms with Crippen molar-refractivity contribution in [3.63, 3.8) is 0 Å². The van der Waals surface area contributed by atoms with Crippen LogP contribution in [-0.4, -0.2) is 33.2 Å². The Morgan fingerprint density at radius 3 is 2.68 bits per heavy atom. The second-order valence-electron chi connectivity index (χ2n) is 5.06. The van der Waals surface area contributed by atoms with E-state index >= 15 is 0 Å². The van der Waals surface area contributed by atoms with E-state index in [-0.39, 0.29) is 10.9 Å². The smallest absolute Gasteiger partial charge is 0.316 e. The van der Waals surface area contributed by atoms with E-state index in [2.05, 4.69) is 20.3 Å². The monoisotopic (exact) mass is 354 g/mol. The summed E-state index contributed by atoms with van der Waals surface area (Å²) in [5.74, 6) is 0.0170. The average molecular weight is 354 g/mol. The highest BCUT2D eigenvalue weighted by Gasteiger charge is 2.25. The van der Waals surface area contributed by atoms with Crippen LogP contribution in [-0.2, 0) is 4.79 Å². The van der Waals surface area contributed by atoms with Crippen LogP contribution in [0.1, 0.15) is 5.76 Å². The number of imide groups is 1. The minimum atomic E-state index is -0.433. The van der Waals surface area contributed by atoms with Crippen molar-refractivity contribution >= 4 is 40.0 Å². The Morgan fingerprint density at radius 1 is 1.20 bits per heavy atom. The van der Waals surface area contributed by atoms with Crippen molar-refractivity contribution < 1.29 is 18.7 Å². The van der Waals surface area contributed by atoms with Gasteiger partial charge in [-0.3, -0.25) is 19.9 Å². The molecule has 0 bridgehead atoms. The molecule has 8 nitrogen and oxygen atoms in total. The number of hydrogen-bond donors (Lipinski definition) is 1. The van der Waals surface area contributed by atoms with Crippen LogP contribution in [0.25, 0.3) is 28.2 Å². The van der Waals surface area contributed by atoms with E-state index in [1.165, 1.54) is 13.2 Å². The number of fused-ring (bicyclic) bond motifs is 1. The van der Waals surface area contributed by atoms with Crippen molar-refractivity contribution in [2.24, 2.45) is 0 Å². The highest BCUT2D eigenvalue weighted by molar-refractivity contribution is 8.18.